The molecule has 15 nitrogen and oxygen atoms in total. The molecule has 3 aromatic heterocycles. The number of aryl methyl sites for hydroxylation is 1. The number of hydrogen-bond acceptors (Lipinski definition) is 11. The van der Waals surface area contributed by atoms with Crippen LogP contribution in [0, 0.1) is 5.92 Å². The van der Waals surface area contributed by atoms with Gasteiger partial charge in [0.1, 0.15) is 17.3 Å². The van der Waals surface area contributed by atoms with Crippen LogP contribution in [-0.2, 0) is 27.2 Å². The van der Waals surface area contributed by atoms with E-state index in [0.29, 0.717) is 31.8 Å². The highest BCUT2D eigenvalue weighted by Crippen LogP contribution is 2.44. The molecule has 15 heteroatoms. The number of ether oxygens (including phenoxy) is 2. The number of amides is 3. The van der Waals surface area contributed by atoms with E-state index < -0.39 is 23.3 Å². The molecular formula is C46H65N9O6. The normalized spacial score (nSPS) is 24.7. The molecule has 6 aliphatic rings. The average molecular weight is 840 g/mol. The molecule has 7 heterocycles. The SMILES string of the molecule is CCc1cc2ncc(CN3CCN(c4ccc(C(=O)NC56CCC(CN7CCN(C(=O)[C@H](NC(=O)OC(C)(C)C)C8CCCCC8)CC7)(CC5)OC6)nc4)CC3)cc2[nH]c1=O. The van der Waals surface area contributed by atoms with Gasteiger partial charge in [0.2, 0.25) is 5.91 Å². The molecule has 9 rings (SSSR count). The summed E-state index contributed by atoms with van der Waals surface area (Å²) in [5, 5.41) is 6.28. The van der Waals surface area contributed by atoms with Gasteiger partial charge in [-0.05, 0) is 101 Å². The number of anilines is 1. The average Bonchev–Trinajstić information content (AvgIpc) is 3.26. The van der Waals surface area contributed by atoms with Gasteiger partial charge in [-0.15, -0.1) is 0 Å². The summed E-state index contributed by atoms with van der Waals surface area (Å²) in [5.41, 5.74) is 3.48. The molecular weight excluding hydrogens is 775 g/mol. The van der Waals surface area contributed by atoms with Gasteiger partial charge in [-0.1, -0.05) is 26.2 Å². The Morgan fingerprint density at radius 3 is 2.28 bits per heavy atom. The molecule has 3 amide bonds. The molecule has 0 radical (unpaired) electrons. The first kappa shape index (κ1) is 43.1. The van der Waals surface area contributed by atoms with Gasteiger partial charge in [-0.2, -0.15) is 0 Å². The predicted octanol–water partition coefficient (Wildman–Crippen LogP) is 4.63. The number of H-pyrrole nitrogens is 1. The lowest BCUT2D eigenvalue weighted by Gasteiger charge is -2.54. The first-order valence-corrected chi connectivity index (χ1v) is 22.7. The summed E-state index contributed by atoms with van der Waals surface area (Å²) in [6, 6.07) is 7.17. The van der Waals surface area contributed by atoms with Crippen molar-refractivity contribution in [1.82, 2.24) is 40.3 Å². The van der Waals surface area contributed by atoms with Crippen molar-refractivity contribution in [3.8, 4) is 0 Å². The zero-order chi connectivity index (χ0) is 42.8. The summed E-state index contributed by atoms with van der Waals surface area (Å²) in [6.07, 6.45) is 12.5. The zero-order valence-corrected chi connectivity index (χ0v) is 36.6. The van der Waals surface area contributed by atoms with E-state index in [1.165, 1.54) is 6.42 Å². The lowest BCUT2D eigenvalue weighted by atomic mass is 9.70. The van der Waals surface area contributed by atoms with E-state index in [9.17, 15) is 19.2 Å². The monoisotopic (exact) mass is 840 g/mol. The molecule has 2 aliphatic carbocycles. The maximum absolute atomic E-state index is 13.9. The first-order chi connectivity index (χ1) is 29.3. The van der Waals surface area contributed by atoms with Crippen LogP contribution < -0.4 is 21.1 Å². The Bertz CT molecular complexity index is 2070. The van der Waals surface area contributed by atoms with E-state index in [1.807, 2.05) is 63.1 Å². The second-order valence-corrected chi connectivity index (χ2v) is 19.2. The van der Waals surface area contributed by atoms with E-state index in [2.05, 4.69) is 40.3 Å². The molecule has 2 saturated carbocycles. The van der Waals surface area contributed by atoms with Crippen LogP contribution in [0.25, 0.3) is 11.0 Å². The van der Waals surface area contributed by atoms with Crippen molar-refractivity contribution >= 4 is 34.6 Å². The second kappa shape index (κ2) is 18.0. The Balaban J connectivity index is 0.777. The van der Waals surface area contributed by atoms with Crippen molar-refractivity contribution in [1.29, 1.82) is 0 Å². The topological polar surface area (TPSA) is 165 Å². The molecule has 4 saturated heterocycles. The minimum Gasteiger partial charge on any atom is -0.444 e. The summed E-state index contributed by atoms with van der Waals surface area (Å²) in [7, 11) is 0. The number of piperazine rings is 2. The van der Waals surface area contributed by atoms with Crippen molar-refractivity contribution in [2.24, 2.45) is 5.92 Å². The van der Waals surface area contributed by atoms with Crippen molar-refractivity contribution < 1.29 is 23.9 Å². The van der Waals surface area contributed by atoms with Crippen LogP contribution >= 0.6 is 0 Å². The fourth-order valence-electron chi connectivity index (χ4n) is 10.1. The van der Waals surface area contributed by atoms with Crippen molar-refractivity contribution in [3.05, 3.63) is 63.8 Å². The smallest absolute Gasteiger partial charge is 0.408 e. The van der Waals surface area contributed by atoms with E-state index in [4.69, 9.17) is 9.47 Å². The molecule has 2 bridgehead atoms. The van der Waals surface area contributed by atoms with Crippen molar-refractivity contribution in [2.45, 2.75) is 121 Å². The molecule has 3 N–H and O–H groups in total. The Hall–Kier alpha value is -4.60. The number of alkyl carbamates (subject to hydrolysis) is 1. The third-order valence-corrected chi connectivity index (χ3v) is 13.7. The number of nitrogens with zero attached hydrogens (tertiary/aromatic N) is 6. The summed E-state index contributed by atoms with van der Waals surface area (Å²) >= 11 is 0. The van der Waals surface area contributed by atoms with Gasteiger partial charge in [0.05, 0.1) is 40.7 Å². The number of pyridine rings is 3. The summed E-state index contributed by atoms with van der Waals surface area (Å²) in [6.45, 7) is 15.7. The Morgan fingerprint density at radius 2 is 1.64 bits per heavy atom. The van der Waals surface area contributed by atoms with Crippen LogP contribution in [0.15, 0.2) is 41.5 Å². The number of carbonyl (C=O) groups is 3. The molecule has 0 aromatic carbocycles. The Kier molecular flexibility index (Phi) is 12.7. The predicted molar refractivity (Wildman–Crippen MR) is 234 cm³/mol. The number of aromatic amines is 1. The van der Waals surface area contributed by atoms with E-state index in [1.54, 1.807) is 6.20 Å². The minimum absolute atomic E-state index is 0.00318. The molecule has 0 unspecified atom stereocenters. The summed E-state index contributed by atoms with van der Waals surface area (Å²) in [5.74, 6) is -0.0354. The maximum atomic E-state index is 13.9. The van der Waals surface area contributed by atoms with Gasteiger partial charge < -0.3 is 34.9 Å². The van der Waals surface area contributed by atoms with Crippen molar-refractivity contribution in [2.75, 3.05) is 70.4 Å². The third-order valence-electron chi connectivity index (χ3n) is 13.7. The van der Waals surface area contributed by atoms with E-state index in [-0.39, 0.29) is 28.9 Å². The highest BCUT2D eigenvalue weighted by atomic mass is 16.6. The van der Waals surface area contributed by atoms with Crippen LogP contribution in [0.4, 0.5) is 10.5 Å². The van der Waals surface area contributed by atoms with E-state index in [0.717, 1.165) is 132 Å². The Labute approximate surface area is 359 Å². The molecule has 0 spiro atoms. The largest absolute Gasteiger partial charge is 0.444 e. The standard InChI is InChI=1S/C46H65N9O6/c1-5-33-26-37-38(49-40(33)56)25-32(27-47-37)29-52-17-21-54(22-18-52)35-11-12-36(48-28-35)41(57)51-45-13-15-46(16-14-45,60-31-45)30-53-19-23-55(24-20-53)42(58)39(34-9-7-6-8-10-34)50-43(59)61-44(2,3)4/h11-12,25-28,34,39H,5-10,13-24,29-31H2,1-4H3,(H,49,56)(H,50,59)(H,51,57)/t39-,45?,46?/m1/s1. The highest BCUT2D eigenvalue weighted by molar-refractivity contribution is 5.93. The lowest BCUT2D eigenvalue weighted by Crippen LogP contribution is -2.66. The van der Waals surface area contributed by atoms with Crippen molar-refractivity contribution in [3.63, 3.8) is 0 Å². The summed E-state index contributed by atoms with van der Waals surface area (Å²) in [4.78, 5) is 73.8. The molecule has 3 aromatic rings. The molecule has 61 heavy (non-hydrogen) atoms. The van der Waals surface area contributed by atoms with Gasteiger partial charge >= 0.3 is 6.09 Å². The van der Waals surface area contributed by atoms with Gasteiger partial charge in [0.15, 0.2) is 0 Å². The lowest BCUT2D eigenvalue weighted by molar-refractivity contribution is -0.171. The minimum atomic E-state index is -0.630. The number of hydrogen-bond donors (Lipinski definition) is 3. The summed E-state index contributed by atoms with van der Waals surface area (Å²) < 4.78 is 12.2. The van der Waals surface area contributed by atoms with Gasteiger partial charge in [0.25, 0.3) is 11.5 Å². The third kappa shape index (κ3) is 10.2. The molecule has 6 fully saturated rings. The van der Waals surface area contributed by atoms with E-state index >= 15 is 0 Å². The number of fused-ring (bicyclic) bond motifs is 4. The molecule has 330 valence electrons. The molecule has 1 atom stereocenters. The van der Waals surface area contributed by atoms with Crippen LogP contribution in [0.5, 0.6) is 0 Å². The second-order valence-electron chi connectivity index (χ2n) is 19.2. The highest BCUT2D eigenvalue weighted by Gasteiger charge is 2.51. The van der Waals surface area contributed by atoms with Gasteiger partial charge in [-0.25, -0.2) is 9.78 Å². The first-order valence-electron chi connectivity index (χ1n) is 22.7. The molecule has 4 aliphatic heterocycles. The number of rotatable bonds is 11. The van der Waals surface area contributed by atoms with Crippen LogP contribution in [0.3, 0.4) is 0 Å². The van der Waals surface area contributed by atoms with Crippen LogP contribution in [0.2, 0.25) is 0 Å². The fraction of sp³-hybridized carbons (Fsp3) is 0.652. The van der Waals surface area contributed by atoms with Gasteiger partial charge in [0, 0.05) is 77.2 Å². The number of carbonyl (C=O) groups excluding carboxylic acids is 3. The quantitative estimate of drug-likeness (QED) is 0.247. The zero-order valence-electron chi connectivity index (χ0n) is 36.6. The maximum Gasteiger partial charge on any atom is 0.408 e. The van der Waals surface area contributed by atoms with Gasteiger partial charge in [-0.3, -0.25) is 29.2 Å². The van der Waals surface area contributed by atoms with Crippen LogP contribution in [-0.4, -0.2) is 136 Å². The number of aromatic nitrogens is 3. The number of nitrogens with one attached hydrogen (secondary N) is 3. The van der Waals surface area contributed by atoms with Crippen LogP contribution in [0.1, 0.15) is 107 Å². The fourth-order valence-corrected chi connectivity index (χ4v) is 10.1. The Morgan fingerprint density at radius 1 is 0.918 bits per heavy atom.